The molecule has 0 amide bonds. The molecule has 0 saturated heterocycles. The lowest BCUT2D eigenvalue weighted by Crippen LogP contribution is -2.16. The van der Waals surface area contributed by atoms with Gasteiger partial charge in [-0.25, -0.2) is 0 Å². The standard InChI is InChI=1S/C16H20N2O2/c1-18(14-4-6-15(19-2)7-5-14)11-12-8-13(17)10-16(9-12)20-3/h4-10H,11,17H2,1-3H3. The van der Waals surface area contributed by atoms with Crippen molar-refractivity contribution in [1.82, 2.24) is 0 Å². The zero-order chi connectivity index (χ0) is 14.5. The van der Waals surface area contributed by atoms with E-state index in [0.717, 1.165) is 29.3 Å². The van der Waals surface area contributed by atoms with E-state index < -0.39 is 0 Å². The summed E-state index contributed by atoms with van der Waals surface area (Å²) in [6.07, 6.45) is 0. The van der Waals surface area contributed by atoms with Crippen LogP contribution in [0.2, 0.25) is 0 Å². The van der Waals surface area contributed by atoms with Crippen molar-refractivity contribution >= 4 is 11.4 Å². The second-order valence-corrected chi connectivity index (χ2v) is 4.67. The summed E-state index contributed by atoms with van der Waals surface area (Å²) in [7, 11) is 5.35. The number of ether oxygens (including phenoxy) is 2. The van der Waals surface area contributed by atoms with E-state index in [1.165, 1.54) is 0 Å². The molecule has 0 aromatic heterocycles. The van der Waals surface area contributed by atoms with Crippen LogP contribution in [0, 0.1) is 0 Å². The molecule has 2 rings (SSSR count). The van der Waals surface area contributed by atoms with E-state index in [9.17, 15) is 0 Å². The highest BCUT2D eigenvalue weighted by Gasteiger charge is 2.05. The second kappa shape index (κ2) is 6.19. The summed E-state index contributed by atoms with van der Waals surface area (Å²) >= 11 is 0. The molecule has 2 aromatic carbocycles. The number of hydrogen-bond acceptors (Lipinski definition) is 4. The molecule has 106 valence electrons. The summed E-state index contributed by atoms with van der Waals surface area (Å²) < 4.78 is 10.4. The molecule has 0 saturated carbocycles. The maximum absolute atomic E-state index is 5.87. The van der Waals surface area contributed by atoms with Gasteiger partial charge in [0, 0.05) is 31.0 Å². The molecule has 0 aliphatic carbocycles. The molecule has 2 aromatic rings. The quantitative estimate of drug-likeness (QED) is 0.850. The fourth-order valence-corrected chi connectivity index (χ4v) is 2.10. The Morgan fingerprint density at radius 2 is 1.60 bits per heavy atom. The molecule has 20 heavy (non-hydrogen) atoms. The van der Waals surface area contributed by atoms with Crippen molar-refractivity contribution in [1.29, 1.82) is 0 Å². The Balaban J connectivity index is 2.13. The lowest BCUT2D eigenvalue weighted by molar-refractivity contribution is 0.414. The molecule has 0 bridgehead atoms. The van der Waals surface area contributed by atoms with Gasteiger partial charge < -0.3 is 20.1 Å². The largest absolute Gasteiger partial charge is 0.497 e. The van der Waals surface area contributed by atoms with Gasteiger partial charge in [0.25, 0.3) is 0 Å². The third-order valence-electron chi connectivity index (χ3n) is 3.16. The van der Waals surface area contributed by atoms with E-state index in [4.69, 9.17) is 15.2 Å². The first-order valence-corrected chi connectivity index (χ1v) is 6.41. The third kappa shape index (κ3) is 3.35. The Morgan fingerprint density at radius 1 is 0.950 bits per heavy atom. The average molecular weight is 272 g/mol. The normalized spacial score (nSPS) is 10.2. The maximum atomic E-state index is 5.87. The average Bonchev–Trinajstić information content (AvgIpc) is 2.46. The van der Waals surface area contributed by atoms with Crippen molar-refractivity contribution in [3.8, 4) is 11.5 Å². The van der Waals surface area contributed by atoms with Gasteiger partial charge >= 0.3 is 0 Å². The van der Waals surface area contributed by atoms with Gasteiger partial charge in [-0.3, -0.25) is 0 Å². The topological polar surface area (TPSA) is 47.7 Å². The van der Waals surface area contributed by atoms with Crippen LogP contribution >= 0.6 is 0 Å². The minimum absolute atomic E-state index is 0.711. The predicted molar refractivity (Wildman–Crippen MR) is 82.5 cm³/mol. The summed E-state index contributed by atoms with van der Waals surface area (Å²) in [5, 5.41) is 0. The van der Waals surface area contributed by atoms with Crippen molar-refractivity contribution in [2.45, 2.75) is 6.54 Å². The van der Waals surface area contributed by atoms with E-state index in [1.807, 2.05) is 49.5 Å². The van der Waals surface area contributed by atoms with Crippen LogP contribution in [0.15, 0.2) is 42.5 Å². The van der Waals surface area contributed by atoms with Gasteiger partial charge in [0.1, 0.15) is 11.5 Å². The van der Waals surface area contributed by atoms with Crippen LogP contribution in [0.1, 0.15) is 5.56 Å². The fourth-order valence-electron chi connectivity index (χ4n) is 2.10. The third-order valence-corrected chi connectivity index (χ3v) is 3.16. The molecule has 0 atom stereocenters. The van der Waals surface area contributed by atoms with E-state index >= 15 is 0 Å². The SMILES string of the molecule is COc1ccc(N(C)Cc2cc(N)cc(OC)c2)cc1. The van der Waals surface area contributed by atoms with Gasteiger partial charge in [-0.2, -0.15) is 0 Å². The summed E-state index contributed by atoms with van der Waals surface area (Å²) in [6.45, 7) is 0.758. The number of benzene rings is 2. The molecule has 0 aliphatic rings. The number of hydrogen-bond donors (Lipinski definition) is 1. The van der Waals surface area contributed by atoms with Crippen LogP contribution in [0.4, 0.5) is 11.4 Å². The number of anilines is 2. The monoisotopic (exact) mass is 272 g/mol. The van der Waals surface area contributed by atoms with Crippen molar-refractivity contribution < 1.29 is 9.47 Å². The first kappa shape index (κ1) is 14.1. The van der Waals surface area contributed by atoms with Crippen molar-refractivity contribution in [3.63, 3.8) is 0 Å². The number of nitrogens with zero attached hydrogens (tertiary/aromatic N) is 1. The molecule has 0 radical (unpaired) electrons. The maximum Gasteiger partial charge on any atom is 0.121 e. The molecule has 0 aliphatic heterocycles. The molecule has 4 nitrogen and oxygen atoms in total. The van der Waals surface area contributed by atoms with Gasteiger partial charge in [-0.15, -0.1) is 0 Å². The number of rotatable bonds is 5. The van der Waals surface area contributed by atoms with Crippen LogP contribution in [-0.2, 0) is 6.54 Å². The zero-order valence-corrected chi connectivity index (χ0v) is 12.1. The molecular formula is C16H20N2O2. The van der Waals surface area contributed by atoms with Gasteiger partial charge in [0.15, 0.2) is 0 Å². The minimum atomic E-state index is 0.711. The lowest BCUT2D eigenvalue weighted by atomic mass is 10.1. The predicted octanol–water partition coefficient (Wildman–Crippen LogP) is 2.92. The highest BCUT2D eigenvalue weighted by molar-refractivity contribution is 5.52. The van der Waals surface area contributed by atoms with E-state index in [0.29, 0.717) is 5.69 Å². The van der Waals surface area contributed by atoms with E-state index in [1.54, 1.807) is 14.2 Å². The van der Waals surface area contributed by atoms with Gasteiger partial charge in [-0.05, 0) is 42.0 Å². The number of methoxy groups -OCH3 is 2. The first-order chi connectivity index (χ1) is 9.62. The lowest BCUT2D eigenvalue weighted by Gasteiger charge is -2.20. The highest BCUT2D eigenvalue weighted by atomic mass is 16.5. The fraction of sp³-hybridized carbons (Fsp3) is 0.250. The molecule has 2 N–H and O–H groups in total. The highest BCUT2D eigenvalue weighted by Crippen LogP contribution is 2.23. The van der Waals surface area contributed by atoms with Crippen LogP contribution in [-0.4, -0.2) is 21.3 Å². The first-order valence-electron chi connectivity index (χ1n) is 6.41. The Hall–Kier alpha value is -2.36. The Labute approximate surface area is 119 Å². The molecule has 0 unspecified atom stereocenters. The smallest absolute Gasteiger partial charge is 0.121 e. The molecule has 0 fully saturated rings. The Bertz CT molecular complexity index is 567. The molecule has 0 heterocycles. The summed E-state index contributed by atoms with van der Waals surface area (Å²) in [4.78, 5) is 2.15. The van der Waals surface area contributed by atoms with Gasteiger partial charge in [-0.1, -0.05) is 0 Å². The Morgan fingerprint density at radius 3 is 2.20 bits per heavy atom. The zero-order valence-electron chi connectivity index (χ0n) is 12.1. The second-order valence-electron chi connectivity index (χ2n) is 4.67. The summed E-state index contributed by atoms with van der Waals surface area (Å²) in [5.74, 6) is 1.64. The van der Waals surface area contributed by atoms with Gasteiger partial charge in [0.05, 0.1) is 14.2 Å². The van der Waals surface area contributed by atoms with Crippen molar-refractivity contribution in [3.05, 3.63) is 48.0 Å². The van der Waals surface area contributed by atoms with Gasteiger partial charge in [0.2, 0.25) is 0 Å². The molecule has 0 spiro atoms. The van der Waals surface area contributed by atoms with Crippen LogP contribution in [0.5, 0.6) is 11.5 Å². The minimum Gasteiger partial charge on any atom is -0.497 e. The van der Waals surface area contributed by atoms with Crippen LogP contribution in [0.25, 0.3) is 0 Å². The number of nitrogen functional groups attached to an aromatic ring is 1. The van der Waals surface area contributed by atoms with Crippen molar-refractivity contribution in [2.24, 2.45) is 0 Å². The van der Waals surface area contributed by atoms with Crippen LogP contribution < -0.4 is 20.1 Å². The summed E-state index contributed by atoms with van der Waals surface area (Å²) in [6, 6.07) is 13.7. The van der Waals surface area contributed by atoms with E-state index in [-0.39, 0.29) is 0 Å². The van der Waals surface area contributed by atoms with Crippen molar-refractivity contribution in [2.75, 3.05) is 31.9 Å². The molecule has 4 heteroatoms. The summed E-state index contributed by atoms with van der Waals surface area (Å²) in [5.41, 5.74) is 8.81. The number of nitrogens with two attached hydrogens (primary N) is 1. The molecular weight excluding hydrogens is 252 g/mol. The van der Waals surface area contributed by atoms with E-state index in [2.05, 4.69) is 4.90 Å². The van der Waals surface area contributed by atoms with Crippen LogP contribution in [0.3, 0.4) is 0 Å². The Kier molecular flexibility index (Phi) is 4.35.